The molecule has 2 aromatic rings. The van der Waals surface area contributed by atoms with Crippen molar-refractivity contribution in [3.8, 4) is 5.75 Å². The molecular formula is C25H29N3O3. The van der Waals surface area contributed by atoms with Crippen LogP contribution in [0.15, 0.2) is 54.6 Å². The van der Waals surface area contributed by atoms with Crippen molar-refractivity contribution in [2.24, 2.45) is 11.8 Å². The lowest BCUT2D eigenvalue weighted by molar-refractivity contribution is -0.133. The van der Waals surface area contributed by atoms with E-state index in [4.69, 9.17) is 4.74 Å². The molecule has 2 saturated heterocycles. The number of hydrazine groups is 1. The van der Waals surface area contributed by atoms with E-state index in [0.29, 0.717) is 30.7 Å². The molecule has 4 atom stereocenters. The molecule has 5 rings (SSSR count). The van der Waals surface area contributed by atoms with E-state index in [-0.39, 0.29) is 24.0 Å². The molecule has 162 valence electrons. The van der Waals surface area contributed by atoms with Crippen molar-refractivity contribution in [1.82, 2.24) is 15.8 Å². The summed E-state index contributed by atoms with van der Waals surface area (Å²) in [5.74, 6) is 1.44. The van der Waals surface area contributed by atoms with Gasteiger partial charge in [0.15, 0.2) is 0 Å². The number of carbonyl (C=O) groups excluding carboxylic acids is 2. The predicted molar refractivity (Wildman–Crippen MR) is 117 cm³/mol. The van der Waals surface area contributed by atoms with E-state index < -0.39 is 0 Å². The second kappa shape index (κ2) is 8.71. The lowest BCUT2D eigenvalue weighted by Crippen LogP contribution is -2.55. The minimum absolute atomic E-state index is 0.0882. The highest BCUT2D eigenvalue weighted by Gasteiger charge is 2.40. The molecule has 2 N–H and O–H groups in total. The third-order valence-electron chi connectivity index (χ3n) is 7.10. The third-order valence-corrected chi connectivity index (χ3v) is 7.10. The summed E-state index contributed by atoms with van der Waals surface area (Å²) in [4.78, 5) is 26.6. The van der Waals surface area contributed by atoms with Gasteiger partial charge >= 0.3 is 6.09 Å². The molecule has 2 amide bonds. The Morgan fingerprint density at radius 1 is 0.935 bits per heavy atom. The summed E-state index contributed by atoms with van der Waals surface area (Å²) in [5, 5.41) is 0. The minimum Gasteiger partial charge on any atom is -0.410 e. The number of nitrogens with one attached hydrogen (secondary N) is 2. The van der Waals surface area contributed by atoms with Gasteiger partial charge in [0.1, 0.15) is 5.75 Å². The Balaban J connectivity index is 1.21. The standard InChI is InChI=1S/C25H29N3O3/c29-24-22-9-5-4-8-21(22)23(26-27-24)18-10-12-20(13-11-18)31-25(30)28-15-14-19(16-28)17-6-2-1-3-7-17/h1-3,6-7,10-13,19,21-23,26H,4-5,8-9,14-16H2,(H,27,29). The molecule has 1 saturated carbocycles. The van der Waals surface area contributed by atoms with Gasteiger partial charge in [0.05, 0.1) is 6.04 Å². The monoisotopic (exact) mass is 419 g/mol. The Morgan fingerprint density at radius 3 is 2.52 bits per heavy atom. The van der Waals surface area contributed by atoms with Gasteiger partial charge in [-0.1, -0.05) is 55.3 Å². The number of rotatable bonds is 3. The fourth-order valence-electron chi connectivity index (χ4n) is 5.40. The Morgan fingerprint density at radius 2 is 1.71 bits per heavy atom. The predicted octanol–water partition coefficient (Wildman–Crippen LogP) is 4.16. The molecule has 0 aromatic heterocycles. The van der Waals surface area contributed by atoms with Crippen LogP contribution in [0.1, 0.15) is 55.2 Å². The molecule has 2 aromatic carbocycles. The summed E-state index contributed by atoms with van der Waals surface area (Å²) in [5.41, 5.74) is 8.43. The van der Waals surface area contributed by atoms with Crippen LogP contribution >= 0.6 is 0 Å². The summed E-state index contributed by atoms with van der Waals surface area (Å²) in [6, 6.07) is 18.1. The maximum Gasteiger partial charge on any atom is 0.415 e. The van der Waals surface area contributed by atoms with Gasteiger partial charge in [0.2, 0.25) is 5.91 Å². The molecular weight excluding hydrogens is 390 g/mol. The Labute approximate surface area is 182 Å². The molecule has 0 bridgehead atoms. The zero-order chi connectivity index (χ0) is 21.2. The molecule has 4 unspecified atom stereocenters. The average molecular weight is 420 g/mol. The van der Waals surface area contributed by atoms with Crippen molar-refractivity contribution in [2.75, 3.05) is 13.1 Å². The quantitative estimate of drug-likeness (QED) is 0.784. The second-order valence-electron chi connectivity index (χ2n) is 8.95. The Hall–Kier alpha value is -2.86. The van der Waals surface area contributed by atoms with E-state index in [1.165, 1.54) is 12.0 Å². The SMILES string of the molecule is O=C1NNC(c2ccc(OC(=O)N3CCC(c4ccccc4)C3)cc2)C2CCCCC12. The van der Waals surface area contributed by atoms with Crippen LogP contribution in [0.3, 0.4) is 0 Å². The summed E-state index contributed by atoms with van der Waals surface area (Å²) in [6.45, 7) is 1.40. The van der Waals surface area contributed by atoms with Crippen molar-refractivity contribution >= 4 is 12.0 Å². The van der Waals surface area contributed by atoms with Gasteiger partial charge in [0, 0.05) is 24.9 Å². The lowest BCUT2D eigenvalue weighted by Gasteiger charge is -2.41. The molecule has 3 aliphatic rings. The Bertz CT molecular complexity index is 931. The van der Waals surface area contributed by atoms with Crippen molar-refractivity contribution in [3.63, 3.8) is 0 Å². The number of hydrogen-bond acceptors (Lipinski definition) is 4. The van der Waals surface area contributed by atoms with E-state index in [0.717, 1.165) is 31.2 Å². The van der Waals surface area contributed by atoms with Crippen LogP contribution in [-0.4, -0.2) is 30.0 Å². The summed E-state index contributed by atoms with van der Waals surface area (Å²) in [6.07, 6.45) is 4.98. The molecule has 31 heavy (non-hydrogen) atoms. The summed E-state index contributed by atoms with van der Waals surface area (Å²) in [7, 11) is 0. The molecule has 2 heterocycles. The first-order chi connectivity index (χ1) is 15.2. The van der Waals surface area contributed by atoms with Gasteiger partial charge < -0.3 is 9.64 Å². The molecule has 0 radical (unpaired) electrons. The number of hydrogen-bond donors (Lipinski definition) is 2. The topological polar surface area (TPSA) is 70.7 Å². The number of ether oxygens (including phenoxy) is 1. The average Bonchev–Trinajstić information content (AvgIpc) is 3.32. The van der Waals surface area contributed by atoms with Crippen LogP contribution < -0.4 is 15.6 Å². The van der Waals surface area contributed by atoms with Gasteiger partial charge in [-0.25, -0.2) is 10.2 Å². The van der Waals surface area contributed by atoms with Crippen LogP contribution in [0.5, 0.6) is 5.75 Å². The number of benzene rings is 2. The highest BCUT2D eigenvalue weighted by atomic mass is 16.6. The molecule has 0 spiro atoms. The maximum atomic E-state index is 12.6. The molecule has 1 aliphatic carbocycles. The lowest BCUT2D eigenvalue weighted by atomic mass is 9.72. The molecule has 6 heteroatoms. The first-order valence-electron chi connectivity index (χ1n) is 11.4. The van der Waals surface area contributed by atoms with Gasteiger partial charge in [-0.3, -0.25) is 10.2 Å². The van der Waals surface area contributed by atoms with Crippen molar-refractivity contribution in [1.29, 1.82) is 0 Å². The molecule has 2 aliphatic heterocycles. The van der Waals surface area contributed by atoms with Gasteiger partial charge in [0.25, 0.3) is 0 Å². The van der Waals surface area contributed by atoms with E-state index in [1.54, 1.807) is 4.90 Å². The Kier molecular flexibility index (Phi) is 5.64. The van der Waals surface area contributed by atoms with Crippen molar-refractivity contribution in [3.05, 3.63) is 65.7 Å². The summed E-state index contributed by atoms with van der Waals surface area (Å²) >= 11 is 0. The van der Waals surface area contributed by atoms with Gasteiger partial charge in [-0.2, -0.15) is 0 Å². The molecule has 6 nitrogen and oxygen atoms in total. The van der Waals surface area contributed by atoms with Crippen LogP contribution in [0.4, 0.5) is 4.79 Å². The highest BCUT2D eigenvalue weighted by Crippen LogP contribution is 2.40. The van der Waals surface area contributed by atoms with Gasteiger partial charge in [-0.15, -0.1) is 0 Å². The smallest absolute Gasteiger partial charge is 0.410 e. The number of fused-ring (bicyclic) bond motifs is 1. The normalized spacial score (nSPS) is 28.0. The maximum absolute atomic E-state index is 12.6. The van der Waals surface area contributed by atoms with E-state index in [1.807, 2.05) is 42.5 Å². The molecule has 3 fully saturated rings. The second-order valence-corrected chi connectivity index (χ2v) is 8.95. The first kappa shape index (κ1) is 20.1. The fourth-order valence-corrected chi connectivity index (χ4v) is 5.40. The van der Waals surface area contributed by atoms with E-state index >= 15 is 0 Å². The van der Waals surface area contributed by atoms with Crippen LogP contribution in [0.2, 0.25) is 0 Å². The number of amides is 2. The number of likely N-dealkylation sites (tertiary alicyclic amines) is 1. The van der Waals surface area contributed by atoms with Crippen molar-refractivity contribution in [2.45, 2.75) is 44.1 Å². The third kappa shape index (κ3) is 4.17. The largest absolute Gasteiger partial charge is 0.415 e. The van der Waals surface area contributed by atoms with E-state index in [2.05, 4.69) is 23.0 Å². The minimum atomic E-state index is -0.290. The highest BCUT2D eigenvalue weighted by molar-refractivity contribution is 5.79. The van der Waals surface area contributed by atoms with Crippen LogP contribution in [-0.2, 0) is 4.79 Å². The van der Waals surface area contributed by atoms with Crippen LogP contribution in [0.25, 0.3) is 0 Å². The first-order valence-corrected chi connectivity index (χ1v) is 11.4. The zero-order valence-corrected chi connectivity index (χ0v) is 17.6. The number of carbonyl (C=O) groups is 2. The zero-order valence-electron chi connectivity index (χ0n) is 17.6. The fraction of sp³-hybridized carbons (Fsp3) is 0.440. The van der Waals surface area contributed by atoms with Crippen molar-refractivity contribution < 1.29 is 14.3 Å². The van der Waals surface area contributed by atoms with Crippen LogP contribution in [0, 0.1) is 11.8 Å². The van der Waals surface area contributed by atoms with Gasteiger partial charge in [-0.05, 0) is 48.4 Å². The van der Waals surface area contributed by atoms with E-state index in [9.17, 15) is 9.59 Å². The summed E-state index contributed by atoms with van der Waals surface area (Å²) < 4.78 is 5.65. The number of nitrogens with zero attached hydrogens (tertiary/aromatic N) is 1.